The van der Waals surface area contributed by atoms with Crippen molar-refractivity contribution in [3.63, 3.8) is 0 Å². The molecular formula is C11H21NO. The summed E-state index contributed by atoms with van der Waals surface area (Å²) in [6, 6.07) is 0.432. The number of amides is 1. The van der Waals surface area contributed by atoms with E-state index in [4.69, 9.17) is 0 Å². The zero-order valence-corrected chi connectivity index (χ0v) is 9.18. The van der Waals surface area contributed by atoms with Gasteiger partial charge in [0.05, 0.1) is 0 Å². The molecule has 0 radical (unpaired) electrons. The molecule has 0 aromatic carbocycles. The molecule has 1 amide bonds. The molecule has 2 nitrogen and oxygen atoms in total. The van der Waals surface area contributed by atoms with Crippen LogP contribution < -0.4 is 5.32 Å². The topological polar surface area (TPSA) is 29.1 Å². The van der Waals surface area contributed by atoms with Crippen LogP contribution in [0, 0.1) is 11.3 Å². The van der Waals surface area contributed by atoms with Crippen LogP contribution in [-0.2, 0) is 4.79 Å². The van der Waals surface area contributed by atoms with Crippen LogP contribution in [0.4, 0.5) is 0 Å². The summed E-state index contributed by atoms with van der Waals surface area (Å²) in [7, 11) is 0. The average molecular weight is 183 g/mol. The van der Waals surface area contributed by atoms with Crippen molar-refractivity contribution in [1.29, 1.82) is 0 Å². The minimum Gasteiger partial charge on any atom is -0.354 e. The fraction of sp³-hybridized carbons (Fsp3) is 0.909. The van der Waals surface area contributed by atoms with E-state index in [9.17, 15) is 4.79 Å². The van der Waals surface area contributed by atoms with Gasteiger partial charge in [-0.2, -0.15) is 0 Å². The molecule has 0 bridgehead atoms. The Hall–Kier alpha value is -0.530. The van der Waals surface area contributed by atoms with E-state index < -0.39 is 0 Å². The maximum atomic E-state index is 10.8. The molecule has 0 heterocycles. The Morgan fingerprint density at radius 2 is 1.92 bits per heavy atom. The van der Waals surface area contributed by atoms with Crippen LogP contribution in [-0.4, -0.2) is 11.9 Å². The molecule has 1 aliphatic rings. The summed E-state index contributed by atoms with van der Waals surface area (Å²) >= 11 is 0. The molecule has 13 heavy (non-hydrogen) atoms. The van der Waals surface area contributed by atoms with Gasteiger partial charge in [0.1, 0.15) is 0 Å². The van der Waals surface area contributed by atoms with Gasteiger partial charge in [0, 0.05) is 13.0 Å². The number of hydrogen-bond acceptors (Lipinski definition) is 1. The van der Waals surface area contributed by atoms with Crippen LogP contribution in [0.25, 0.3) is 0 Å². The predicted molar refractivity (Wildman–Crippen MR) is 54.4 cm³/mol. The van der Waals surface area contributed by atoms with Gasteiger partial charge >= 0.3 is 0 Å². The minimum atomic E-state index is 0.111. The average Bonchev–Trinajstić information content (AvgIpc) is 2.32. The molecule has 1 unspecified atom stereocenters. The lowest BCUT2D eigenvalue weighted by Crippen LogP contribution is -2.31. The molecule has 1 N–H and O–H groups in total. The zero-order valence-electron chi connectivity index (χ0n) is 9.18. The van der Waals surface area contributed by atoms with E-state index in [0.717, 1.165) is 18.8 Å². The Kier molecular flexibility index (Phi) is 2.99. The van der Waals surface area contributed by atoms with Crippen molar-refractivity contribution >= 4 is 5.91 Å². The van der Waals surface area contributed by atoms with Gasteiger partial charge in [-0.05, 0) is 30.6 Å². The lowest BCUT2D eigenvalue weighted by atomic mass is 9.80. The van der Waals surface area contributed by atoms with Crippen molar-refractivity contribution in [3.8, 4) is 0 Å². The van der Waals surface area contributed by atoms with Gasteiger partial charge < -0.3 is 5.32 Å². The second-order valence-electron chi connectivity index (χ2n) is 5.27. The Morgan fingerprint density at radius 3 is 2.31 bits per heavy atom. The van der Waals surface area contributed by atoms with Crippen molar-refractivity contribution in [2.75, 3.05) is 0 Å². The van der Waals surface area contributed by atoms with Crippen molar-refractivity contribution in [2.24, 2.45) is 11.3 Å². The van der Waals surface area contributed by atoms with Crippen molar-refractivity contribution in [2.45, 2.75) is 53.0 Å². The van der Waals surface area contributed by atoms with Crippen molar-refractivity contribution < 1.29 is 4.79 Å². The van der Waals surface area contributed by atoms with E-state index in [1.807, 2.05) is 0 Å². The molecule has 76 valence electrons. The smallest absolute Gasteiger partial charge is 0.217 e. The quantitative estimate of drug-likeness (QED) is 0.664. The Morgan fingerprint density at radius 1 is 1.31 bits per heavy atom. The normalized spacial score (nSPS) is 28.9. The van der Waals surface area contributed by atoms with Gasteiger partial charge in [-0.15, -0.1) is 0 Å². The summed E-state index contributed by atoms with van der Waals surface area (Å²) < 4.78 is 0. The van der Waals surface area contributed by atoms with E-state index in [-0.39, 0.29) is 5.91 Å². The maximum Gasteiger partial charge on any atom is 0.217 e. The fourth-order valence-electron chi connectivity index (χ4n) is 2.19. The lowest BCUT2D eigenvalue weighted by molar-refractivity contribution is -0.119. The number of rotatable bonds is 1. The zero-order chi connectivity index (χ0) is 10.1. The molecule has 2 heteroatoms. The molecule has 0 saturated heterocycles. The van der Waals surface area contributed by atoms with E-state index in [1.165, 1.54) is 6.42 Å². The van der Waals surface area contributed by atoms with Crippen molar-refractivity contribution in [1.82, 2.24) is 5.32 Å². The summed E-state index contributed by atoms with van der Waals surface area (Å²) in [6.07, 6.45) is 3.57. The molecule has 1 aliphatic carbocycles. The largest absolute Gasteiger partial charge is 0.354 e. The third-order valence-corrected chi connectivity index (χ3v) is 3.06. The summed E-state index contributed by atoms with van der Waals surface area (Å²) in [6.45, 7) is 8.46. The highest BCUT2D eigenvalue weighted by Gasteiger charge is 2.32. The summed E-state index contributed by atoms with van der Waals surface area (Å²) in [5.74, 6) is 0.879. The van der Waals surface area contributed by atoms with E-state index in [2.05, 4.69) is 26.1 Å². The molecule has 1 rings (SSSR count). The molecule has 0 aliphatic heterocycles. The molecule has 0 aromatic rings. The maximum absolute atomic E-state index is 10.8. The molecule has 1 saturated carbocycles. The van der Waals surface area contributed by atoms with Gasteiger partial charge in [-0.1, -0.05) is 20.8 Å². The number of carbonyl (C=O) groups is 1. The van der Waals surface area contributed by atoms with Gasteiger partial charge in [0.25, 0.3) is 0 Å². The minimum absolute atomic E-state index is 0.111. The number of hydrogen-bond donors (Lipinski definition) is 1. The van der Waals surface area contributed by atoms with Gasteiger partial charge in [-0.25, -0.2) is 0 Å². The third-order valence-electron chi connectivity index (χ3n) is 3.06. The third kappa shape index (κ3) is 3.02. The van der Waals surface area contributed by atoms with Crippen molar-refractivity contribution in [3.05, 3.63) is 0 Å². The van der Waals surface area contributed by atoms with Crippen LogP contribution in [0.1, 0.15) is 47.0 Å². The van der Waals surface area contributed by atoms with Crippen LogP contribution in [0.2, 0.25) is 0 Å². The molecule has 1 fully saturated rings. The molecule has 0 spiro atoms. The first-order valence-electron chi connectivity index (χ1n) is 5.16. The Labute approximate surface area is 81.1 Å². The van der Waals surface area contributed by atoms with Gasteiger partial charge in [-0.3, -0.25) is 4.79 Å². The van der Waals surface area contributed by atoms with Gasteiger partial charge in [0.2, 0.25) is 5.91 Å². The lowest BCUT2D eigenvalue weighted by Gasteiger charge is -2.26. The fourth-order valence-corrected chi connectivity index (χ4v) is 2.19. The van der Waals surface area contributed by atoms with Gasteiger partial charge in [0.15, 0.2) is 0 Å². The number of nitrogens with one attached hydrogen (secondary N) is 1. The predicted octanol–water partition coefficient (Wildman–Crippen LogP) is 2.34. The van der Waals surface area contributed by atoms with Crippen LogP contribution in [0.3, 0.4) is 0 Å². The first-order valence-corrected chi connectivity index (χ1v) is 5.16. The second kappa shape index (κ2) is 3.69. The van der Waals surface area contributed by atoms with E-state index in [0.29, 0.717) is 11.5 Å². The summed E-state index contributed by atoms with van der Waals surface area (Å²) in [5.41, 5.74) is 0.396. The van der Waals surface area contributed by atoms with Crippen LogP contribution >= 0.6 is 0 Å². The van der Waals surface area contributed by atoms with E-state index in [1.54, 1.807) is 6.92 Å². The number of carbonyl (C=O) groups excluding carboxylic acids is 1. The molecule has 2 atom stereocenters. The Balaban J connectivity index is 2.41. The van der Waals surface area contributed by atoms with Crippen LogP contribution in [0.5, 0.6) is 0 Å². The SMILES string of the molecule is CC(=O)N[C@@H]1CCC(C(C)(C)C)C1. The highest BCUT2D eigenvalue weighted by Crippen LogP contribution is 2.39. The highest BCUT2D eigenvalue weighted by molar-refractivity contribution is 5.73. The standard InChI is InChI=1S/C11H21NO/c1-8(13)12-10-6-5-9(7-10)11(2,3)4/h9-10H,5-7H2,1-4H3,(H,12,13)/t9?,10-/m1/s1. The summed E-state index contributed by atoms with van der Waals surface area (Å²) in [4.78, 5) is 10.8. The second-order valence-corrected chi connectivity index (χ2v) is 5.27. The molecule has 0 aromatic heterocycles. The highest BCUT2D eigenvalue weighted by atomic mass is 16.1. The molecular weight excluding hydrogens is 162 g/mol. The monoisotopic (exact) mass is 183 g/mol. The van der Waals surface area contributed by atoms with E-state index >= 15 is 0 Å². The Bertz CT molecular complexity index is 193. The summed E-state index contributed by atoms with van der Waals surface area (Å²) in [5, 5.41) is 3.00. The first kappa shape index (κ1) is 10.6. The first-order chi connectivity index (χ1) is 5.89. The van der Waals surface area contributed by atoms with Crippen LogP contribution in [0.15, 0.2) is 0 Å².